The molecule has 0 bridgehead atoms. The third-order valence-electron chi connectivity index (χ3n) is 7.26. The second kappa shape index (κ2) is 10.9. The molecule has 0 N–H and O–H groups in total. The molecule has 0 unspecified atom stereocenters. The maximum atomic E-state index is 13.1. The zero-order valence-corrected chi connectivity index (χ0v) is 22.4. The van der Waals surface area contributed by atoms with Crippen molar-refractivity contribution in [2.45, 2.75) is 6.54 Å². The van der Waals surface area contributed by atoms with E-state index in [1.807, 2.05) is 48.5 Å². The van der Waals surface area contributed by atoms with Crippen LogP contribution in [-0.4, -0.2) is 56.2 Å². The van der Waals surface area contributed by atoms with Crippen LogP contribution in [0.15, 0.2) is 97.2 Å². The van der Waals surface area contributed by atoms with Crippen LogP contribution in [0.4, 0.5) is 5.69 Å². The van der Waals surface area contributed by atoms with Gasteiger partial charge in [0.05, 0.1) is 16.3 Å². The van der Waals surface area contributed by atoms with Gasteiger partial charge in [0.25, 0.3) is 11.6 Å². The molecular weight excluding hydrogens is 526 g/mol. The van der Waals surface area contributed by atoms with E-state index in [4.69, 9.17) is 16.6 Å². The number of piperazine rings is 1. The number of carbonyl (C=O) groups is 1. The molecule has 2 aromatic heterocycles. The summed E-state index contributed by atoms with van der Waals surface area (Å²) in [7, 11) is 0. The highest BCUT2D eigenvalue weighted by Gasteiger charge is 2.25. The molecule has 1 aliphatic heterocycles. The summed E-state index contributed by atoms with van der Waals surface area (Å²) in [4.78, 5) is 32.8. The Bertz CT molecular complexity index is 1710. The minimum absolute atomic E-state index is 0.0809. The Kier molecular flexibility index (Phi) is 7.02. The van der Waals surface area contributed by atoms with Crippen molar-refractivity contribution in [2.24, 2.45) is 0 Å². The van der Waals surface area contributed by atoms with Crippen molar-refractivity contribution in [3.63, 3.8) is 0 Å². The highest BCUT2D eigenvalue weighted by molar-refractivity contribution is 6.30. The number of hydrogen-bond acceptors (Lipinski definition) is 5. The van der Waals surface area contributed by atoms with Crippen molar-refractivity contribution in [1.82, 2.24) is 19.2 Å². The molecule has 1 amide bonds. The lowest BCUT2D eigenvalue weighted by atomic mass is 10.1. The number of nitro benzene ring substituents is 1. The van der Waals surface area contributed by atoms with Crippen molar-refractivity contribution in [1.29, 1.82) is 0 Å². The number of halogens is 1. The summed E-state index contributed by atoms with van der Waals surface area (Å²) < 4.78 is 2.15. The molecule has 6 rings (SSSR count). The molecule has 5 aromatic rings. The van der Waals surface area contributed by atoms with Crippen molar-refractivity contribution >= 4 is 28.8 Å². The summed E-state index contributed by atoms with van der Waals surface area (Å²) in [5.74, 6) is -0.186. The molecule has 0 aliphatic carbocycles. The molecule has 1 saturated heterocycles. The third-order valence-corrected chi connectivity index (χ3v) is 7.49. The fourth-order valence-electron chi connectivity index (χ4n) is 5.17. The second-order valence-electron chi connectivity index (χ2n) is 9.81. The quantitative estimate of drug-likeness (QED) is 0.186. The zero-order chi connectivity index (χ0) is 27.6. The number of benzene rings is 3. The largest absolute Gasteiger partial charge is 0.336 e. The monoisotopic (exact) mass is 551 g/mol. The zero-order valence-electron chi connectivity index (χ0n) is 21.6. The molecule has 0 atom stereocenters. The molecule has 40 heavy (non-hydrogen) atoms. The number of aromatic nitrogens is 2. The standard InChI is InChI=1S/C31H26ClN5O3/c32-26-10-4-8-23(18-26)25-12-13-29-33-30(22-6-2-1-3-7-22)28(36(29)20-25)21-34-14-16-35(17-15-34)31(38)24-9-5-11-27(19-24)37(39)40/h1-13,18-20H,14-17,21H2. The Morgan fingerprint density at radius 1 is 0.850 bits per heavy atom. The van der Waals surface area contributed by atoms with Crippen LogP contribution in [0.5, 0.6) is 0 Å². The van der Waals surface area contributed by atoms with Crippen molar-refractivity contribution in [3.8, 4) is 22.4 Å². The number of pyridine rings is 1. The Morgan fingerprint density at radius 3 is 2.35 bits per heavy atom. The fourth-order valence-corrected chi connectivity index (χ4v) is 5.36. The molecule has 3 aromatic carbocycles. The summed E-state index contributed by atoms with van der Waals surface area (Å²) in [5, 5.41) is 11.8. The number of nitrogens with zero attached hydrogens (tertiary/aromatic N) is 5. The molecule has 1 fully saturated rings. The van der Waals surface area contributed by atoms with Gasteiger partial charge in [0, 0.05) is 67.2 Å². The van der Waals surface area contributed by atoms with Gasteiger partial charge in [0.2, 0.25) is 0 Å². The predicted molar refractivity (Wildman–Crippen MR) is 155 cm³/mol. The van der Waals surface area contributed by atoms with Crippen molar-refractivity contribution < 1.29 is 9.72 Å². The van der Waals surface area contributed by atoms with Gasteiger partial charge in [-0.05, 0) is 41.5 Å². The smallest absolute Gasteiger partial charge is 0.270 e. The van der Waals surface area contributed by atoms with E-state index in [1.165, 1.54) is 12.1 Å². The number of fused-ring (bicyclic) bond motifs is 1. The highest BCUT2D eigenvalue weighted by atomic mass is 35.5. The van der Waals surface area contributed by atoms with E-state index in [1.54, 1.807) is 17.0 Å². The summed E-state index contributed by atoms with van der Waals surface area (Å²) in [6.45, 7) is 3.08. The summed E-state index contributed by atoms with van der Waals surface area (Å²) in [6.07, 6.45) is 2.11. The maximum absolute atomic E-state index is 13.1. The SMILES string of the molecule is O=C(c1cccc([N+](=O)[O-])c1)N1CCN(Cc2c(-c3ccccc3)nc3ccc(-c4cccc(Cl)c4)cn23)CC1. The summed E-state index contributed by atoms with van der Waals surface area (Å²) >= 11 is 6.27. The maximum Gasteiger partial charge on any atom is 0.270 e. The lowest BCUT2D eigenvalue weighted by molar-refractivity contribution is -0.384. The molecule has 9 heteroatoms. The van der Waals surface area contributed by atoms with Crippen LogP contribution < -0.4 is 0 Å². The lowest BCUT2D eigenvalue weighted by Crippen LogP contribution is -2.48. The molecular formula is C31H26ClN5O3. The van der Waals surface area contributed by atoms with Crippen LogP contribution in [0.2, 0.25) is 5.02 Å². The normalized spacial score (nSPS) is 14.0. The average Bonchev–Trinajstić information content (AvgIpc) is 3.35. The molecule has 200 valence electrons. The van der Waals surface area contributed by atoms with Gasteiger partial charge < -0.3 is 9.30 Å². The van der Waals surface area contributed by atoms with Crippen LogP contribution in [0, 0.1) is 10.1 Å². The van der Waals surface area contributed by atoms with Gasteiger partial charge in [-0.25, -0.2) is 4.98 Å². The minimum atomic E-state index is -0.479. The first-order chi connectivity index (χ1) is 19.5. The molecule has 0 spiro atoms. The van der Waals surface area contributed by atoms with E-state index < -0.39 is 4.92 Å². The van der Waals surface area contributed by atoms with E-state index in [-0.39, 0.29) is 11.6 Å². The topological polar surface area (TPSA) is 84.0 Å². The number of carbonyl (C=O) groups excluding carboxylic acids is 1. The van der Waals surface area contributed by atoms with Gasteiger partial charge in [-0.2, -0.15) is 0 Å². The molecule has 1 aliphatic rings. The fraction of sp³-hybridized carbons (Fsp3) is 0.161. The third kappa shape index (κ3) is 5.19. The first-order valence-corrected chi connectivity index (χ1v) is 13.4. The Morgan fingerprint density at radius 2 is 1.60 bits per heavy atom. The minimum Gasteiger partial charge on any atom is -0.336 e. The number of nitro groups is 1. The number of imidazole rings is 1. The van der Waals surface area contributed by atoms with Gasteiger partial charge in [0.15, 0.2) is 0 Å². The van der Waals surface area contributed by atoms with E-state index in [9.17, 15) is 14.9 Å². The first-order valence-electron chi connectivity index (χ1n) is 13.0. The van der Waals surface area contributed by atoms with E-state index >= 15 is 0 Å². The number of amides is 1. The van der Waals surface area contributed by atoms with Gasteiger partial charge in [-0.3, -0.25) is 19.8 Å². The Labute approximate surface area is 236 Å². The summed E-state index contributed by atoms with van der Waals surface area (Å²) in [6, 6.07) is 28.0. The second-order valence-corrected chi connectivity index (χ2v) is 10.2. The van der Waals surface area contributed by atoms with E-state index in [0.717, 1.165) is 33.7 Å². The van der Waals surface area contributed by atoms with E-state index in [0.29, 0.717) is 43.3 Å². The van der Waals surface area contributed by atoms with Gasteiger partial charge in [0.1, 0.15) is 5.65 Å². The number of non-ortho nitro benzene ring substituents is 1. The van der Waals surface area contributed by atoms with Crippen molar-refractivity contribution in [3.05, 3.63) is 124 Å². The van der Waals surface area contributed by atoms with Crippen LogP contribution >= 0.6 is 11.6 Å². The van der Waals surface area contributed by atoms with Crippen molar-refractivity contribution in [2.75, 3.05) is 26.2 Å². The molecule has 0 radical (unpaired) electrons. The molecule has 8 nitrogen and oxygen atoms in total. The lowest BCUT2D eigenvalue weighted by Gasteiger charge is -2.34. The van der Waals surface area contributed by atoms with Crippen LogP contribution in [0.1, 0.15) is 16.1 Å². The number of rotatable bonds is 6. The number of hydrogen-bond donors (Lipinski definition) is 0. The highest BCUT2D eigenvalue weighted by Crippen LogP contribution is 2.29. The van der Waals surface area contributed by atoms with Gasteiger partial charge in [-0.15, -0.1) is 0 Å². The van der Waals surface area contributed by atoms with Crippen LogP contribution in [0.3, 0.4) is 0 Å². The first kappa shape index (κ1) is 25.7. The van der Waals surface area contributed by atoms with Gasteiger partial charge >= 0.3 is 0 Å². The predicted octanol–water partition coefficient (Wildman–Crippen LogP) is 6.19. The van der Waals surface area contributed by atoms with Crippen LogP contribution in [-0.2, 0) is 6.54 Å². The van der Waals surface area contributed by atoms with E-state index in [2.05, 4.69) is 33.7 Å². The van der Waals surface area contributed by atoms with Gasteiger partial charge in [-0.1, -0.05) is 60.1 Å². The average molecular weight is 552 g/mol. The Balaban J connectivity index is 1.27. The summed E-state index contributed by atoms with van der Waals surface area (Å²) in [5.41, 5.74) is 6.24. The Hall–Kier alpha value is -4.53. The molecule has 0 saturated carbocycles. The molecule has 3 heterocycles. The van der Waals surface area contributed by atoms with Crippen LogP contribution in [0.25, 0.3) is 28.0 Å².